The number of amides is 2. The predicted molar refractivity (Wildman–Crippen MR) is 106 cm³/mol. The van der Waals surface area contributed by atoms with Gasteiger partial charge in [0, 0.05) is 12.1 Å². The average molecular weight is 424 g/mol. The largest absolute Gasteiger partial charge is 0.532 e. The molecule has 10 heteroatoms. The molecule has 160 valence electrons. The fraction of sp³-hybridized carbons (Fsp3) is 0.476. The molecule has 2 aromatic rings. The van der Waals surface area contributed by atoms with Crippen LogP contribution in [0.15, 0.2) is 28.8 Å². The van der Waals surface area contributed by atoms with Gasteiger partial charge in [0.1, 0.15) is 5.60 Å². The first-order valence-corrected chi connectivity index (χ1v) is 10.1. The summed E-state index contributed by atoms with van der Waals surface area (Å²) in [5.41, 5.74) is 0.121. The first-order chi connectivity index (χ1) is 14.7. The molecule has 3 heterocycles. The van der Waals surface area contributed by atoms with Gasteiger partial charge in [-0.05, 0) is 39.2 Å². The molecule has 2 aliphatic heterocycles. The van der Waals surface area contributed by atoms with Gasteiger partial charge in [-0.15, -0.1) is 4.98 Å². The van der Waals surface area contributed by atoms with Crippen molar-refractivity contribution < 1.29 is 23.6 Å². The Labute approximate surface area is 178 Å². The monoisotopic (exact) mass is 424 g/mol. The molecule has 0 spiro atoms. The van der Waals surface area contributed by atoms with Crippen LogP contribution in [-0.2, 0) is 14.9 Å². The minimum absolute atomic E-state index is 0.00795. The number of nitriles is 1. The molecule has 0 N–H and O–H groups in total. The number of hydrogen-bond donors (Lipinski definition) is 0. The third-order valence-electron chi connectivity index (χ3n) is 5.85. The zero-order chi connectivity index (χ0) is 22.0. The van der Waals surface area contributed by atoms with E-state index in [4.69, 9.17) is 14.0 Å². The lowest BCUT2D eigenvalue weighted by atomic mass is 9.97. The van der Waals surface area contributed by atoms with Gasteiger partial charge >= 0.3 is 18.2 Å². The Morgan fingerprint density at radius 3 is 2.65 bits per heavy atom. The lowest BCUT2D eigenvalue weighted by Crippen LogP contribution is -2.58. The molecule has 31 heavy (non-hydrogen) atoms. The van der Waals surface area contributed by atoms with Crippen LogP contribution in [0.4, 0.5) is 21.3 Å². The second-order valence-electron chi connectivity index (χ2n) is 9.20. The molecular weight excluding hydrogens is 402 g/mol. The van der Waals surface area contributed by atoms with Gasteiger partial charge in [-0.2, -0.15) is 10.1 Å². The molecule has 1 aromatic carbocycles. The van der Waals surface area contributed by atoms with Crippen LogP contribution in [-0.4, -0.2) is 46.0 Å². The van der Waals surface area contributed by atoms with Gasteiger partial charge in [0.15, 0.2) is 18.5 Å². The number of rotatable bonds is 2. The highest BCUT2D eigenvalue weighted by Gasteiger charge is 2.56. The zero-order valence-electron chi connectivity index (χ0n) is 17.5. The van der Waals surface area contributed by atoms with Gasteiger partial charge in [0.05, 0.1) is 18.0 Å². The highest BCUT2D eigenvalue weighted by Crippen LogP contribution is 2.48. The second kappa shape index (κ2) is 6.28. The van der Waals surface area contributed by atoms with Gasteiger partial charge in [-0.1, -0.05) is 21.8 Å². The topological polar surface area (TPSA) is 119 Å². The summed E-state index contributed by atoms with van der Waals surface area (Å²) in [6, 6.07) is 9.53. The summed E-state index contributed by atoms with van der Waals surface area (Å²) in [7, 11) is 0. The molecule has 2 fully saturated rings. The fourth-order valence-corrected chi connectivity index (χ4v) is 3.98. The maximum absolute atomic E-state index is 13.6. The summed E-state index contributed by atoms with van der Waals surface area (Å²) < 4.78 is 16.0. The number of hydrogen-bond acceptors (Lipinski definition) is 8. The number of fused-ring (bicyclic) bond motifs is 5. The van der Waals surface area contributed by atoms with Crippen LogP contribution in [0.1, 0.15) is 51.1 Å². The summed E-state index contributed by atoms with van der Waals surface area (Å²) in [4.78, 5) is 31.9. The number of quaternary nitrogens is 1. The standard InChI is InChI=1S/C21H22N5O5/c1-20(2,3)30-19(28)26(14-6-4-13(5-7-14)21(11-22)8-9-21)12-25-10-15(29-18(25)27)16-23-17(26)31-24-16/h4-7,15H,8-10,12H2,1-3H3/q+1/t15-,26?/m0/s1. The van der Waals surface area contributed by atoms with Gasteiger partial charge in [0.2, 0.25) is 5.82 Å². The van der Waals surface area contributed by atoms with Crippen LogP contribution in [0.5, 0.6) is 0 Å². The van der Waals surface area contributed by atoms with Crippen molar-refractivity contribution in [3.05, 3.63) is 35.7 Å². The summed E-state index contributed by atoms with van der Waals surface area (Å²) in [5.74, 6) is 0.203. The lowest BCUT2D eigenvalue weighted by molar-refractivity contribution is 0.0254. The van der Waals surface area contributed by atoms with Gasteiger partial charge in [0.25, 0.3) is 0 Å². The number of benzene rings is 1. The molecule has 1 aliphatic carbocycles. The van der Waals surface area contributed by atoms with E-state index in [1.165, 1.54) is 4.90 Å². The van der Waals surface area contributed by atoms with Crippen molar-refractivity contribution >= 4 is 23.9 Å². The van der Waals surface area contributed by atoms with E-state index in [1.54, 1.807) is 32.9 Å². The minimum Gasteiger partial charge on any atom is -0.436 e. The average Bonchev–Trinajstić information content (AvgIpc) is 3.17. The Morgan fingerprint density at radius 2 is 2.03 bits per heavy atom. The van der Waals surface area contributed by atoms with Crippen LogP contribution >= 0.6 is 0 Å². The van der Waals surface area contributed by atoms with E-state index in [-0.39, 0.29) is 25.1 Å². The van der Waals surface area contributed by atoms with Crippen molar-refractivity contribution in [2.45, 2.75) is 50.7 Å². The first-order valence-electron chi connectivity index (χ1n) is 10.1. The summed E-state index contributed by atoms with van der Waals surface area (Å²) >= 11 is 0. The predicted octanol–water partition coefficient (Wildman–Crippen LogP) is 3.66. The van der Waals surface area contributed by atoms with E-state index in [9.17, 15) is 14.9 Å². The molecule has 2 atom stereocenters. The molecule has 0 radical (unpaired) electrons. The molecule has 3 aliphatic rings. The molecule has 1 aromatic heterocycles. The molecule has 2 amide bonds. The summed E-state index contributed by atoms with van der Waals surface area (Å²) in [5, 5.41) is 13.5. The van der Waals surface area contributed by atoms with E-state index in [1.807, 2.05) is 12.1 Å². The molecule has 4 bridgehead atoms. The second-order valence-corrected chi connectivity index (χ2v) is 9.20. The van der Waals surface area contributed by atoms with Crippen LogP contribution in [0.2, 0.25) is 0 Å². The van der Waals surface area contributed by atoms with E-state index < -0.39 is 33.8 Å². The number of carbonyl (C=O) groups is 2. The number of aromatic nitrogens is 2. The first kappa shape index (κ1) is 19.5. The highest BCUT2D eigenvalue weighted by atomic mass is 16.6. The van der Waals surface area contributed by atoms with Crippen molar-refractivity contribution in [1.29, 1.82) is 5.26 Å². The zero-order valence-corrected chi connectivity index (χ0v) is 17.5. The van der Waals surface area contributed by atoms with Crippen molar-refractivity contribution in [2.75, 3.05) is 13.2 Å². The summed E-state index contributed by atoms with van der Waals surface area (Å²) in [6.07, 6.45) is -0.236. The third kappa shape index (κ3) is 2.96. The third-order valence-corrected chi connectivity index (χ3v) is 5.85. The van der Waals surface area contributed by atoms with E-state index in [0.717, 1.165) is 18.4 Å². The summed E-state index contributed by atoms with van der Waals surface area (Å²) in [6.45, 7) is 5.37. The quantitative estimate of drug-likeness (QED) is 0.670. The Kier molecular flexibility index (Phi) is 3.95. The molecular formula is C21H22N5O5+. The minimum atomic E-state index is -0.791. The normalized spacial score (nSPS) is 25.8. The maximum Gasteiger partial charge on any atom is 0.532 e. The van der Waals surface area contributed by atoms with Crippen LogP contribution in [0.3, 0.4) is 0 Å². The van der Waals surface area contributed by atoms with Crippen LogP contribution in [0.25, 0.3) is 0 Å². The lowest BCUT2D eigenvalue weighted by Gasteiger charge is -2.34. The molecule has 10 nitrogen and oxygen atoms in total. The maximum atomic E-state index is 13.6. The van der Waals surface area contributed by atoms with E-state index >= 15 is 0 Å². The van der Waals surface area contributed by atoms with Gasteiger partial charge in [-0.3, -0.25) is 9.42 Å². The SMILES string of the molecule is CC(C)(C)OC(=O)[N+]1(c2ccc(C3(C#N)CC3)cc2)CN2C[C@H](OC2=O)c2noc1n2. The van der Waals surface area contributed by atoms with Crippen molar-refractivity contribution in [3.63, 3.8) is 0 Å². The molecule has 5 rings (SSSR count). The molecule has 1 saturated carbocycles. The smallest absolute Gasteiger partial charge is 0.436 e. The van der Waals surface area contributed by atoms with Crippen LogP contribution < -0.4 is 4.48 Å². The Balaban J connectivity index is 1.66. The van der Waals surface area contributed by atoms with Crippen molar-refractivity contribution in [3.8, 4) is 6.07 Å². The number of nitrogens with zero attached hydrogens (tertiary/aromatic N) is 5. The van der Waals surface area contributed by atoms with Gasteiger partial charge in [-0.25, -0.2) is 4.79 Å². The van der Waals surface area contributed by atoms with E-state index in [0.29, 0.717) is 5.69 Å². The Morgan fingerprint density at radius 1 is 1.32 bits per heavy atom. The van der Waals surface area contributed by atoms with Crippen molar-refractivity contribution in [2.24, 2.45) is 0 Å². The van der Waals surface area contributed by atoms with Gasteiger partial charge < -0.3 is 9.47 Å². The van der Waals surface area contributed by atoms with E-state index in [2.05, 4.69) is 16.2 Å². The van der Waals surface area contributed by atoms with Crippen LogP contribution in [0, 0.1) is 11.3 Å². The number of carbonyl (C=O) groups excluding carboxylic acids is 2. The Bertz CT molecular complexity index is 1110. The Hall–Kier alpha value is -3.45. The van der Waals surface area contributed by atoms with Crippen molar-refractivity contribution in [1.82, 2.24) is 19.5 Å². The molecule has 1 unspecified atom stereocenters. The number of ether oxygens (including phenoxy) is 2. The highest BCUT2D eigenvalue weighted by molar-refractivity contribution is 5.89. The fourth-order valence-electron chi connectivity index (χ4n) is 3.98. The molecule has 1 saturated heterocycles.